The van der Waals surface area contributed by atoms with Gasteiger partial charge >= 0.3 is 0 Å². The molecule has 0 N–H and O–H groups in total. The molecule has 1 saturated carbocycles. The molecule has 0 aromatic heterocycles. The zero-order chi connectivity index (χ0) is 24.4. The monoisotopic (exact) mass is 483 g/mol. The number of nitrogens with zero attached hydrogens (tertiary/aromatic N) is 3. The molecular formula is C27H37N3O5. The number of hydrogen-bond donors (Lipinski definition) is 0. The summed E-state index contributed by atoms with van der Waals surface area (Å²) in [4.78, 5) is 46.7. The number of carbonyl (C=O) groups is 3. The summed E-state index contributed by atoms with van der Waals surface area (Å²) in [5.41, 5.74) is -0.459. The van der Waals surface area contributed by atoms with Crippen LogP contribution in [0.3, 0.4) is 0 Å². The number of benzene rings is 1. The fourth-order valence-corrected chi connectivity index (χ4v) is 6.47. The zero-order valence-electron chi connectivity index (χ0n) is 20.7. The van der Waals surface area contributed by atoms with E-state index in [1.807, 2.05) is 29.2 Å². The number of likely N-dealkylation sites (tertiary alicyclic amines) is 2. The van der Waals surface area contributed by atoms with Crippen LogP contribution in [0.15, 0.2) is 24.3 Å². The van der Waals surface area contributed by atoms with Gasteiger partial charge < -0.3 is 14.4 Å². The van der Waals surface area contributed by atoms with E-state index in [4.69, 9.17) is 9.47 Å². The first kappa shape index (κ1) is 24.3. The maximum atomic E-state index is 14.0. The van der Waals surface area contributed by atoms with Gasteiger partial charge in [-0.15, -0.1) is 0 Å². The molecule has 4 fully saturated rings. The van der Waals surface area contributed by atoms with E-state index in [1.54, 1.807) is 7.11 Å². The van der Waals surface area contributed by atoms with Crippen molar-refractivity contribution in [1.29, 1.82) is 0 Å². The van der Waals surface area contributed by atoms with Crippen LogP contribution in [0, 0.1) is 0 Å². The Bertz CT molecular complexity index is 948. The number of piperidine rings is 1. The lowest BCUT2D eigenvalue weighted by Gasteiger charge is -2.40. The molecule has 8 nitrogen and oxygen atoms in total. The number of carbonyl (C=O) groups excluding carboxylic acids is 3. The summed E-state index contributed by atoms with van der Waals surface area (Å²) < 4.78 is 10.9. The molecule has 8 heteroatoms. The van der Waals surface area contributed by atoms with Gasteiger partial charge in [0.1, 0.15) is 5.75 Å². The fourth-order valence-electron chi connectivity index (χ4n) is 6.47. The molecule has 3 aliphatic heterocycles. The highest BCUT2D eigenvalue weighted by atomic mass is 16.5. The molecular weight excluding hydrogens is 446 g/mol. The van der Waals surface area contributed by atoms with Crippen LogP contribution in [0.1, 0.15) is 56.9 Å². The predicted octanol–water partition coefficient (Wildman–Crippen LogP) is 2.35. The smallest absolute Gasteiger partial charge is 0.241 e. The van der Waals surface area contributed by atoms with Crippen molar-refractivity contribution < 1.29 is 23.9 Å². The third-order valence-corrected chi connectivity index (χ3v) is 8.49. The van der Waals surface area contributed by atoms with Gasteiger partial charge in [0, 0.05) is 51.1 Å². The van der Waals surface area contributed by atoms with Gasteiger partial charge in [0.05, 0.1) is 25.7 Å². The molecule has 35 heavy (non-hydrogen) atoms. The first-order valence-corrected chi connectivity index (χ1v) is 13.1. The Morgan fingerprint density at radius 1 is 1.03 bits per heavy atom. The van der Waals surface area contributed by atoms with Gasteiger partial charge in [-0.1, -0.05) is 25.0 Å². The van der Waals surface area contributed by atoms with E-state index in [2.05, 4.69) is 4.90 Å². The number of methoxy groups -OCH3 is 1. The van der Waals surface area contributed by atoms with Crippen molar-refractivity contribution in [2.45, 2.75) is 68.9 Å². The summed E-state index contributed by atoms with van der Waals surface area (Å²) in [6.07, 6.45) is 5.71. The highest BCUT2D eigenvalue weighted by molar-refractivity contribution is 6.11. The second-order valence-electron chi connectivity index (χ2n) is 10.4. The van der Waals surface area contributed by atoms with Crippen molar-refractivity contribution in [1.82, 2.24) is 14.7 Å². The molecule has 1 atom stereocenters. The zero-order valence-corrected chi connectivity index (χ0v) is 20.7. The third kappa shape index (κ3) is 4.70. The minimum atomic E-state index is -1.16. The summed E-state index contributed by atoms with van der Waals surface area (Å²) >= 11 is 0. The molecule has 1 aliphatic carbocycles. The minimum Gasteiger partial charge on any atom is -0.497 e. The topological polar surface area (TPSA) is 79.4 Å². The second kappa shape index (κ2) is 10.3. The summed E-state index contributed by atoms with van der Waals surface area (Å²) in [6, 6.07) is 7.78. The number of hydrogen-bond acceptors (Lipinski definition) is 6. The van der Waals surface area contributed by atoms with E-state index in [9.17, 15) is 14.4 Å². The SMILES string of the molecule is COc1cccc(C2(CC(=O)N3CCC(N4CCOCC4)CC3)CC(=O)N(C3CCCC3)C2=O)c1. The van der Waals surface area contributed by atoms with Crippen molar-refractivity contribution in [3.8, 4) is 5.75 Å². The lowest BCUT2D eigenvalue weighted by Crippen LogP contribution is -2.51. The molecule has 3 heterocycles. The van der Waals surface area contributed by atoms with Crippen LogP contribution in [-0.2, 0) is 24.5 Å². The van der Waals surface area contributed by atoms with Gasteiger partial charge in [-0.2, -0.15) is 0 Å². The Hall–Kier alpha value is -2.45. The van der Waals surface area contributed by atoms with Crippen LogP contribution in [0.5, 0.6) is 5.75 Å². The van der Waals surface area contributed by atoms with E-state index in [0.29, 0.717) is 30.4 Å². The standard InChI is InChI=1S/C27H37N3O5/c1-34-23-8-4-5-20(17-23)27(19-25(32)30(26(27)33)22-6-2-3-7-22)18-24(31)29-11-9-21(10-12-29)28-13-15-35-16-14-28/h4-5,8,17,21-22H,2-3,6-7,9-16,18-19H2,1H3. The number of morpholine rings is 1. The normalized spacial score (nSPS) is 27.1. The predicted molar refractivity (Wildman–Crippen MR) is 130 cm³/mol. The van der Waals surface area contributed by atoms with Gasteiger partial charge in [-0.25, -0.2) is 0 Å². The fraction of sp³-hybridized carbons (Fsp3) is 0.667. The molecule has 1 unspecified atom stereocenters. The van der Waals surface area contributed by atoms with Gasteiger partial charge in [-0.05, 0) is 43.4 Å². The Labute approximate surface area is 207 Å². The van der Waals surface area contributed by atoms with Crippen LogP contribution in [0.2, 0.25) is 0 Å². The van der Waals surface area contributed by atoms with Crippen LogP contribution < -0.4 is 4.74 Å². The van der Waals surface area contributed by atoms with E-state index < -0.39 is 5.41 Å². The van der Waals surface area contributed by atoms with Gasteiger partial charge in [0.2, 0.25) is 17.7 Å². The van der Waals surface area contributed by atoms with Crippen molar-refractivity contribution in [2.24, 2.45) is 0 Å². The number of rotatable bonds is 6. The largest absolute Gasteiger partial charge is 0.497 e. The maximum absolute atomic E-state index is 14.0. The van der Waals surface area contributed by atoms with E-state index in [0.717, 1.165) is 64.8 Å². The number of ether oxygens (including phenoxy) is 2. The summed E-state index contributed by atoms with van der Waals surface area (Å²) in [5, 5.41) is 0. The molecule has 190 valence electrons. The maximum Gasteiger partial charge on any atom is 0.241 e. The summed E-state index contributed by atoms with van der Waals surface area (Å²) in [7, 11) is 1.59. The van der Waals surface area contributed by atoms with E-state index >= 15 is 0 Å². The molecule has 1 aromatic carbocycles. The molecule has 0 bridgehead atoms. The third-order valence-electron chi connectivity index (χ3n) is 8.49. The highest BCUT2D eigenvalue weighted by Crippen LogP contribution is 2.44. The lowest BCUT2D eigenvalue weighted by molar-refractivity contribution is -0.145. The van der Waals surface area contributed by atoms with Gasteiger partial charge in [0.15, 0.2) is 0 Å². The van der Waals surface area contributed by atoms with Gasteiger partial charge in [-0.3, -0.25) is 24.2 Å². The van der Waals surface area contributed by atoms with Crippen molar-refractivity contribution in [3.05, 3.63) is 29.8 Å². The molecule has 1 aromatic rings. The van der Waals surface area contributed by atoms with Crippen molar-refractivity contribution in [3.63, 3.8) is 0 Å². The van der Waals surface area contributed by atoms with Crippen LogP contribution in [0.4, 0.5) is 0 Å². The quantitative estimate of drug-likeness (QED) is 0.578. The highest BCUT2D eigenvalue weighted by Gasteiger charge is 2.56. The average molecular weight is 484 g/mol. The minimum absolute atomic E-state index is 0.0240. The molecule has 3 amide bonds. The van der Waals surface area contributed by atoms with Crippen molar-refractivity contribution in [2.75, 3.05) is 46.5 Å². The Balaban J connectivity index is 1.35. The van der Waals surface area contributed by atoms with E-state index in [-0.39, 0.29) is 36.6 Å². The number of amides is 3. The molecule has 5 rings (SSSR count). The average Bonchev–Trinajstić information content (AvgIpc) is 3.51. The van der Waals surface area contributed by atoms with Gasteiger partial charge in [0.25, 0.3) is 0 Å². The number of imide groups is 1. The summed E-state index contributed by atoms with van der Waals surface area (Å²) in [5.74, 6) is 0.227. The first-order chi connectivity index (χ1) is 17.0. The molecule has 0 radical (unpaired) electrons. The first-order valence-electron chi connectivity index (χ1n) is 13.1. The van der Waals surface area contributed by atoms with E-state index in [1.165, 1.54) is 4.90 Å². The lowest BCUT2D eigenvalue weighted by atomic mass is 9.75. The molecule has 4 aliphatic rings. The van der Waals surface area contributed by atoms with Crippen molar-refractivity contribution >= 4 is 17.7 Å². The second-order valence-corrected chi connectivity index (χ2v) is 10.4. The Morgan fingerprint density at radius 3 is 2.43 bits per heavy atom. The molecule has 3 saturated heterocycles. The Morgan fingerprint density at radius 2 is 1.74 bits per heavy atom. The van der Waals surface area contributed by atoms with Crippen LogP contribution in [-0.4, -0.2) is 91.0 Å². The van der Waals surface area contributed by atoms with Crippen LogP contribution >= 0.6 is 0 Å². The van der Waals surface area contributed by atoms with Crippen LogP contribution in [0.25, 0.3) is 0 Å². The Kier molecular flexibility index (Phi) is 7.12. The summed E-state index contributed by atoms with van der Waals surface area (Å²) in [6.45, 7) is 4.81. The molecule has 0 spiro atoms.